The highest BCUT2D eigenvalue weighted by atomic mass is 32.2. The number of sulfonamides is 1. The minimum Gasteiger partial charge on any atom is -0.338 e. The highest BCUT2D eigenvalue weighted by Crippen LogP contribution is 2.22. The van der Waals surface area contributed by atoms with Gasteiger partial charge in [0.05, 0.1) is 11.3 Å². The number of nitrogens with zero attached hydrogens (tertiary/aromatic N) is 1. The molecule has 0 radical (unpaired) electrons. The van der Waals surface area contributed by atoms with Gasteiger partial charge in [0.1, 0.15) is 5.82 Å². The second-order valence-corrected chi connectivity index (χ2v) is 7.41. The first kappa shape index (κ1) is 16.6. The Morgan fingerprint density at radius 2 is 1.83 bits per heavy atom. The van der Waals surface area contributed by atoms with Crippen LogP contribution in [0.2, 0.25) is 0 Å². The zero-order valence-electron chi connectivity index (χ0n) is 12.9. The van der Waals surface area contributed by atoms with Crippen molar-refractivity contribution in [3.8, 4) is 0 Å². The van der Waals surface area contributed by atoms with Crippen molar-refractivity contribution in [1.29, 1.82) is 0 Å². The normalized spacial score (nSPS) is 14.3. The van der Waals surface area contributed by atoms with Crippen LogP contribution in [0.1, 0.15) is 16.7 Å². The van der Waals surface area contributed by atoms with Gasteiger partial charge in [0.25, 0.3) is 0 Å². The van der Waals surface area contributed by atoms with Crippen molar-refractivity contribution in [2.45, 2.75) is 24.3 Å². The van der Waals surface area contributed by atoms with Gasteiger partial charge in [0.2, 0.25) is 15.9 Å². The number of fused-ring (bicyclic) bond motifs is 1. The maximum Gasteiger partial charge on any atom is 0.238 e. The van der Waals surface area contributed by atoms with Crippen molar-refractivity contribution in [3.05, 3.63) is 65.0 Å². The summed E-state index contributed by atoms with van der Waals surface area (Å²) in [6, 6.07) is 10.6. The molecule has 0 spiro atoms. The molecule has 0 saturated carbocycles. The van der Waals surface area contributed by atoms with Crippen molar-refractivity contribution in [3.63, 3.8) is 0 Å². The van der Waals surface area contributed by atoms with Crippen molar-refractivity contribution in [1.82, 2.24) is 4.90 Å². The Labute approximate surface area is 139 Å². The van der Waals surface area contributed by atoms with Crippen molar-refractivity contribution >= 4 is 15.9 Å². The second-order valence-electron chi connectivity index (χ2n) is 5.84. The summed E-state index contributed by atoms with van der Waals surface area (Å²) in [5.41, 5.74) is 2.55. The molecule has 1 amide bonds. The first-order valence-corrected chi connectivity index (χ1v) is 9.04. The number of hydrogen-bond donors (Lipinski definition) is 1. The molecule has 0 aromatic heterocycles. The largest absolute Gasteiger partial charge is 0.338 e. The van der Waals surface area contributed by atoms with Crippen LogP contribution >= 0.6 is 0 Å². The van der Waals surface area contributed by atoms with E-state index in [-0.39, 0.29) is 23.0 Å². The van der Waals surface area contributed by atoms with Gasteiger partial charge in [-0.15, -0.1) is 0 Å². The predicted octanol–water partition coefficient (Wildman–Crippen LogP) is 1.60. The van der Waals surface area contributed by atoms with E-state index < -0.39 is 10.0 Å². The van der Waals surface area contributed by atoms with Gasteiger partial charge < -0.3 is 4.90 Å². The number of carbonyl (C=O) groups excluding carboxylic acids is 1. The quantitative estimate of drug-likeness (QED) is 0.915. The van der Waals surface area contributed by atoms with E-state index in [0.717, 1.165) is 16.7 Å². The molecule has 0 bridgehead atoms. The summed E-state index contributed by atoms with van der Waals surface area (Å²) in [5.74, 6) is -0.415. The van der Waals surface area contributed by atoms with E-state index >= 15 is 0 Å². The summed E-state index contributed by atoms with van der Waals surface area (Å²) in [6.45, 7) is 0.917. The molecule has 7 heteroatoms. The molecular formula is C17H17FN2O3S. The minimum atomic E-state index is -3.77. The van der Waals surface area contributed by atoms with Gasteiger partial charge in [-0.05, 0) is 47.4 Å². The van der Waals surface area contributed by atoms with Crippen LogP contribution in [-0.2, 0) is 34.2 Å². The molecular weight excluding hydrogens is 331 g/mol. The van der Waals surface area contributed by atoms with Crippen molar-refractivity contribution in [2.24, 2.45) is 5.14 Å². The molecule has 5 nitrogen and oxygen atoms in total. The minimum absolute atomic E-state index is 0.0501. The fraction of sp³-hybridized carbons (Fsp3) is 0.235. The van der Waals surface area contributed by atoms with Crippen molar-refractivity contribution < 1.29 is 17.6 Å². The monoisotopic (exact) mass is 348 g/mol. The summed E-state index contributed by atoms with van der Waals surface area (Å²) in [6.07, 6.45) is 0.847. The summed E-state index contributed by atoms with van der Waals surface area (Å²) in [4.78, 5) is 14.2. The van der Waals surface area contributed by atoms with Crippen LogP contribution in [-0.4, -0.2) is 25.8 Å². The lowest BCUT2D eigenvalue weighted by Crippen LogP contribution is -2.37. The summed E-state index contributed by atoms with van der Waals surface area (Å²) in [5, 5.41) is 5.16. The van der Waals surface area contributed by atoms with Gasteiger partial charge in [-0.2, -0.15) is 0 Å². The van der Waals surface area contributed by atoms with E-state index in [1.54, 1.807) is 23.1 Å². The van der Waals surface area contributed by atoms with E-state index in [1.807, 2.05) is 0 Å². The third kappa shape index (κ3) is 3.63. The van der Waals surface area contributed by atoms with E-state index in [1.165, 1.54) is 24.3 Å². The maximum atomic E-state index is 12.9. The molecule has 0 fully saturated rings. The topological polar surface area (TPSA) is 80.5 Å². The SMILES string of the molecule is NS(=O)(=O)c1ccc2c(c1)CN(C(=O)Cc1ccc(F)cc1)CC2. The number of nitrogens with two attached hydrogens (primary N) is 1. The summed E-state index contributed by atoms with van der Waals surface area (Å²) >= 11 is 0. The van der Waals surface area contributed by atoms with Gasteiger partial charge in [0, 0.05) is 13.1 Å². The molecule has 0 saturated heterocycles. The molecule has 126 valence electrons. The Hall–Kier alpha value is -2.25. The van der Waals surface area contributed by atoms with Crippen molar-refractivity contribution in [2.75, 3.05) is 6.54 Å². The molecule has 1 heterocycles. The fourth-order valence-electron chi connectivity index (χ4n) is 2.81. The van der Waals surface area contributed by atoms with Crippen LogP contribution in [0.15, 0.2) is 47.4 Å². The van der Waals surface area contributed by atoms with Crippen LogP contribution in [0.5, 0.6) is 0 Å². The Balaban J connectivity index is 1.76. The van der Waals surface area contributed by atoms with Crippen LogP contribution < -0.4 is 5.14 Å². The number of rotatable bonds is 3. The number of halogens is 1. The van der Waals surface area contributed by atoms with Gasteiger partial charge in [-0.25, -0.2) is 17.9 Å². The molecule has 0 unspecified atom stereocenters. The number of amides is 1. The average Bonchev–Trinajstić information content (AvgIpc) is 2.55. The average molecular weight is 348 g/mol. The lowest BCUT2D eigenvalue weighted by atomic mass is 9.99. The fourth-order valence-corrected chi connectivity index (χ4v) is 3.38. The molecule has 2 N–H and O–H groups in total. The predicted molar refractivity (Wildman–Crippen MR) is 87.0 cm³/mol. The molecule has 3 rings (SSSR count). The molecule has 0 atom stereocenters. The first-order chi connectivity index (χ1) is 11.3. The number of hydrogen-bond acceptors (Lipinski definition) is 3. The summed E-state index contributed by atoms with van der Waals surface area (Å²) < 4.78 is 35.9. The van der Waals surface area contributed by atoms with Crippen LogP contribution in [0.4, 0.5) is 4.39 Å². The molecule has 2 aromatic carbocycles. The van der Waals surface area contributed by atoms with Gasteiger partial charge in [-0.3, -0.25) is 4.79 Å². The molecule has 0 aliphatic carbocycles. The van der Waals surface area contributed by atoms with Crippen LogP contribution in [0.25, 0.3) is 0 Å². The van der Waals surface area contributed by atoms with Gasteiger partial charge in [-0.1, -0.05) is 18.2 Å². The molecule has 1 aliphatic heterocycles. The Bertz CT molecular complexity index is 879. The number of benzene rings is 2. The number of primary sulfonamides is 1. The standard InChI is InChI=1S/C17H17FN2O3S/c18-15-4-1-12(2-5-15)9-17(21)20-8-7-13-3-6-16(24(19,22)23)10-14(13)11-20/h1-6,10H,7-9,11H2,(H2,19,22,23). The smallest absolute Gasteiger partial charge is 0.238 e. The van der Waals surface area contributed by atoms with Crippen LogP contribution in [0.3, 0.4) is 0 Å². The maximum absolute atomic E-state index is 12.9. The lowest BCUT2D eigenvalue weighted by molar-refractivity contribution is -0.131. The third-order valence-electron chi connectivity index (χ3n) is 4.14. The molecule has 2 aromatic rings. The van der Waals surface area contributed by atoms with E-state index in [9.17, 15) is 17.6 Å². The lowest BCUT2D eigenvalue weighted by Gasteiger charge is -2.29. The number of carbonyl (C=O) groups is 1. The third-order valence-corrected chi connectivity index (χ3v) is 5.05. The first-order valence-electron chi connectivity index (χ1n) is 7.50. The van der Waals surface area contributed by atoms with E-state index in [4.69, 9.17) is 5.14 Å². The Morgan fingerprint density at radius 3 is 2.50 bits per heavy atom. The van der Waals surface area contributed by atoms with E-state index in [0.29, 0.717) is 19.5 Å². The van der Waals surface area contributed by atoms with E-state index in [2.05, 4.69) is 0 Å². The molecule has 1 aliphatic rings. The Morgan fingerprint density at radius 1 is 1.12 bits per heavy atom. The second kappa shape index (κ2) is 6.33. The summed E-state index contributed by atoms with van der Waals surface area (Å²) in [7, 11) is -3.77. The zero-order chi connectivity index (χ0) is 17.3. The molecule has 24 heavy (non-hydrogen) atoms. The van der Waals surface area contributed by atoms with Gasteiger partial charge in [0.15, 0.2) is 0 Å². The van der Waals surface area contributed by atoms with Gasteiger partial charge >= 0.3 is 0 Å². The highest BCUT2D eigenvalue weighted by molar-refractivity contribution is 7.89. The Kier molecular flexibility index (Phi) is 4.38. The van der Waals surface area contributed by atoms with Crippen LogP contribution in [0, 0.1) is 5.82 Å². The zero-order valence-corrected chi connectivity index (χ0v) is 13.7. The highest BCUT2D eigenvalue weighted by Gasteiger charge is 2.22.